The minimum atomic E-state index is -0.796. The Morgan fingerprint density at radius 3 is 2.35 bits per heavy atom. The van der Waals surface area contributed by atoms with Gasteiger partial charge >= 0.3 is 12.0 Å². The molecule has 0 unspecified atom stereocenters. The number of carboxylic acids is 1. The zero-order chi connectivity index (χ0) is 17.0. The van der Waals surface area contributed by atoms with Crippen LogP contribution in [-0.4, -0.2) is 78.3 Å². The first kappa shape index (κ1) is 18.0. The molecule has 0 aromatic rings. The van der Waals surface area contributed by atoms with Crippen molar-refractivity contribution in [3.8, 4) is 0 Å². The average molecular weight is 326 g/mol. The molecule has 7 heteroatoms. The molecular formula is C16H30N4O3. The molecule has 132 valence electrons. The van der Waals surface area contributed by atoms with E-state index < -0.39 is 5.97 Å². The first-order valence-corrected chi connectivity index (χ1v) is 8.54. The van der Waals surface area contributed by atoms with Gasteiger partial charge in [-0.3, -0.25) is 9.69 Å². The van der Waals surface area contributed by atoms with Gasteiger partial charge < -0.3 is 20.6 Å². The molecule has 2 aliphatic carbocycles. The van der Waals surface area contributed by atoms with E-state index in [0.717, 1.165) is 32.2 Å². The van der Waals surface area contributed by atoms with Crippen molar-refractivity contribution >= 4 is 12.0 Å². The van der Waals surface area contributed by atoms with Gasteiger partial charge in [-0.2, -0.15) is 0 Å². The number of amides is 2. The SMILES string of the molecule is CCN(CC(=O)O)C1CC(NC(=O)NCC2(N(C)C)CCC2)C1. The lowest BCUT2D eigenvalue weighted by Crippen LogP contribution is -2.60. The lowest BCUT2D eigenvalue weighted by molar-refractivity contribution is -0.139. The van der Waals surface area contributed by atoms with Gasteiger partial charge in [0.2, 0.25) is 0 Å². The van der Waals surface area contributed by atoms with Gasteiger partial charge in [-0.25, -0.2) is 4.79 Å². The van der Waals surface area contributed by atoms with E-state index in [4.69, 9.17) is 5.11 Å². The van der Waals surface area contributed by atoms with E-state index in [1.165, 1.54) is 6.42 Å². The Balaban J connectivity index is 1.67. The van der Waals surface area contributed by atoms with Crippen LogP contribution in [0.2, 0.25) is 0 Å². The Bertz CT molecular complexity index is 431. The Morgan fingerprint density at radius 2 is 1.91 bits per heavy atom. The van der Waals surface area contributed by atoms with E-state index in [1.807, 2.05) is 11.8 Å². The van der Waals surface area contributed by atoms with Gasteiger partial charge in [0, 0.05) is 24.2 Å². The predicted octanol–water partition coefficient (Wildman–Crippen LogP) is 0.707. The van der Waals surface area contributed by atoms with Crippen molar-refractivity contribution in [3.05, 3.63) is 0 Å². The summed E-state index contributed by atoms with van der Waals surface area (Å²) < 4.78 is 0. The van der Waals surface area contributed by atoms with Crippen LogP contribution in [0.5, 0.6) is 0 Å². The topological polar surface area (TPSA) is 84.9 Å². The van der Waals surface area contributed by atoms with Gasteiger partial charge in [-0.15, -0.1) is 0 Å². The number of nitrogens with zero attached hydrogens (tertiary/aromatic N) is 2. The number of likely N-dealkylation sites (N-methyl/N-ethyl adjacent to an activating group) is 2. The predicted molar refractivity (Wildman–Crippen MR) is 88.5 cm³/mol. The largest absolute Gasteiger partial charge is 0.480 e. The number of carbonyl (C=O) groups is 2. The lowest BCUT2D eigenvalue weighted by Gasteiger charge is -2.47. The molecule has 2 amide bonds. The lowest BCUT2D eigenvalue weighted by atomic mass is 9.75. The van der Waals surface area contributed by atoms with E-state index in [2.05, 4.69) is 29.6 Å². The van der Waals surface area contributed by atoms with Crippen molar-refractivity contribution in [2.24, 2.45) is 0 Å². The second-order valence-corrected chi connectivity index (χ2v) is 7.08. The fourth-order valence-corrected chi connectivity index (χ4v) is 3.52. The third-order valence-electron chi connectivity index (χ3n) is 5.52. The van der Waals surface area contributed by atoms with E-state index in [1.54, 1.807) is 0 Å². The molecule has 23 heavy (non-hydrogen) atoms. The van der Waals surface area contributed by atoms with Gasteiger partial charge in [-0.1, -0.05) is 6.92 Å². The highest BCUT2D eigenvalue weighted by Gasteiger charge is 2.40. The fourth-order valence-electron chi connectivity index (χ4n) is 3.52. The zero-order valence-electron chi connectivity index (χ0n) is 14.5. The minimum Gasteiger partial charge on any atom is -0.480 e. The molecule has 2 rings (SSSR count). The van der Waals surface area contributed by atoms with Crippen LogP contribution in [0.15, 0.2) is 0 Å². The maximum atomic E-state index is 12.0. The number of carbonyl (C=O) groups excluding carboxylic acids is 1. The molecule has 0 bridgehead atoms. The Kier molecular flexibility index (Phi) is 5.86. The molecule has 0 heterocycles. The van der Waals surface area contributed by atoms with Crippen LogP contribution < -0.4 is 10.6 Å². The van der Waals surface area contributed by atoms with Gasteiger partial charge in [0.15, 0.2) is 0 Å². The van der Waals surface area contributed by atoms with Crippen LogP contribution >= 0.6 is 0 Å². The van der Waals surface area contributed by atoms with Crippen molar-refractivity contribution in [2.45, 2.75) is 56.7 Å². The molecule has 0 atom stereocenters. The van der Waals surface area contributed by atoms with Crippen molar-refractivity contribution in [3.63, 3.8) is 0 Å². The molecule has 2 fully saturated rings. The first-order chi connectivity index (χ1) is 10.9. The number of urea groups is 1. The summed E-state index contributed by atoms with van der Waals surface area (Å²) in [7, 11) is 4.13. The van der Waals surface area contributed by atoms with Crippen LogP contribution in [0.4, 0.5) is 4.79 Å². The highest BCUT2D eigenvalue weighted by molar-refractivity contribution is 5.74. The Labute approximate surface area is 138 Å². The quantitative estimate of drug-likeness (QED) is 0.612. The summed E-state index contributed by atoms with van der Waals surface area (Å²) in [6.07, 6.45) is 5.14. The molecule has 0 spiro atoms. The highest BCUT2D eigenvalue weighted by Crippen LogP contribution is 2.35. The number of hydrogen-bond acceptors (Lipinski definition) is 4. The minimum absolute atomic E-state index is 0.0748. The monoisotopic (exact) mass is 326 g/mol. The first-order valence-electron chi connectivity index (χ1n) is 8.54. The standard InChI is InChI=1S/C16H30N4O3/c1-4-20(10-14(21)22)13-8-12(9-13)18-15(23)17-11-16(19(2)3)6-5-7-16/h12-13H,4-11H2,1-3H3,(H,21,22)(H2,17,18,23). The number of aliphatic carboxylic acids is 1. The summed E-state index contributed by atoms with van der Waals surface area (Å²) >= 11 is 0. The smallest absolute Gasteiger partial charge is 0.317 e. The molecule has 3 N–H and O–H groups in total. The number of hydrogen-bond donors (Lipinski definition) is 3. The molecule has 7 nitrogen and oxygen atoms in total. The van der Waals surface area contributed by atoms with Crippen molar-refractivity contribution < 1.29 is 14.7 Å². The van der Waals surface area contributed by atoms with Gasteiger partial charge in [-0.05, 0) is 52.7 Å². The van der Waals surface area contributed by atoms with E-state index in [0.29, 0.717) is 6.54 Å². The summed E-state index contributed by atoms with van der Waals surface area (Å²) in [5.41, 5.74) is 0.125. The molecule has 2 saturated carbocycles. The normalized spacial score (nSPS) is 25.6. The molecule has 0 aromatic heterocycles. The fraction of sp³-hybridized carbons (Fsp3) is 0.875. The van der Waals surface area contributed by atoms with Gasteiger partial charge in [0.05, 0.1) is 6.54 Å². The average Bonchev–Trinajstić information content (AvgIpc) is 2.38. The Hall–Kier alpha value is -1.34. The molecule has 0 aliphatic heterocycles. The second kappa shape index (κ2) is 7.49. The number of nitrogens with one attached hydrogen (secondary N) is 2. The molecular weight excluding hydrogens is 296 g/mol. The Morgan fingerprint density at radius 1 is 1.26 bits per heavy atom. The van der Waals surface area contributed by atoms with Crippen molar-refractivity contribution in [1.29, 1.82) is 0 Å². The summed E-state index contributed by atoms with van der Waals surface area (Å²) in [6.45, 7) is 3.45. The van der Waals surface area contributed by atoms with Gasteiger partial charge in [0.1, 0.15) is 0 Å². The number of carboxylic acid groups (broad SMARTS) is 1. The summed E-state index contributed by atoms with van der Waals surface area (Å²) in [5.74, 6) is -0.796. The highest BCUT2D eigenvalue weighted by atomic mass is 16.4. The summed E-state index contributed by atoms with van der Waals surface area (Å²) in [4.78, 5) is 27.0. The summed E-state index contributed by atoms with van der Waals surface area (Å²) in [5, 5.41) is 14.9. The van der Waals surface area contributed by atoms with E-state index >= 15 is 0 Å². The van der Waals surface area contributed by atoms with Gasteiger partial charge in [0.25, 0.3) is 0 Å². The second-order valence-electron chi connectivity index (χ2n) is 7.08. The van der Waals surface area contributed by atoms with Crippen LogP contribution in [0, 0.1) is 0 Å². The van der Waals surface area contributed by atoms with Crippen LogP contribution in [0.25, 0.3) is 0 Å². The third kappa shape index (κ3) is 4.35. The van der Waals surface area contributed by atoms with Crippen molar-refractivity contribution in [2.75, 3.05) is 33.7 Å². The van der Waals surface area contributed by atoms with Crippen LogP contribution in [-0.2, 0) is 4.79 Å². The summed E-state index contributed by atoms with van der Waals surface area (Å²) in [6, 6.07) is 0.309. The molecule has 0 saturated heterocycles. The maximum Gasteiger partial charge on any atom is 0.317 e. The van der Waals surface area contributed by atoms with E-state index in [-0.39, 0.29) is 30.2 Å². The number of rotatable bonds is 8. The molecule has 0 aromatic carbocycles. The molecule has 0 radical (unpaired) electrons. The maximum absolute atomic E-state index is 12.0. The molecule has 2 aliphatic rings. The van der Waals surface area contributed by atoms with Crippen LogP contribution in [0.1, 0.15) is 39.0 Å². The van der Waals surface area contributed by atoms with Crippen molar-refractivity contribution in [1.82, 2.24) is 20.4 Å². The zero-order valence-corrected chi connectivity index (χ0v) is 14.5. The third-order valence-corrected chi connectivity index (χ3v) is 5.52. The van der Waals surface area contributed by atoms with E-state index in [9.17, 15) is 9.59 Å². The van der Waals surface area contributed by atoms with Crippen LogP contribution in [0.3, 0.4) is 0 Å².